The van der Waals surface area contributed by atoms with Gasteiger partial charge in [-0.2, -0.15) is 0 Å². The topological polar surface area (TPSA) is 173 Å². The zero-order chi connectivity index (χ0) is 36.9. The van der Waals surface area contributed by atoms with E-state index in [1.165, 1.54) is 22.3 Å². The summed E-state index contributed by atoms with van der Waals surface area (Å²) in [5.41, 5.74) is 1.77. The van der Waals surface area contributed by atoms with Crippen molar-refractivity contribution in [2.75, 3.05) is 63.9 Å². The minimum Gasteiger partial charge on any atom is -0.382 e. The number of anilines is 1. The lowest BCUT2D eigenvalue weighted by molar-refractivity contribution is -0.140. The molecule has 6 amide bonds. The molecule has 16 heteroatoms. The number of hydrogen-bond donors (Lipinski definition) is 3. The van der Waals surface area contributed by atoms with Crippen LogP contribution in [0.25, 0.3) is 0 Å². The molecule has 52 heavy (non-hydrogen) atoms. The number of amides is 6. The van der Waals surface area contributed by atoms with Crippen molar-refractivity contribution in [1.82, 2.24) is 20.4 Å². The molecule has 3 N–H and O–H groups in total. The summed E-state index contributed by atoms with van der Waals surface area (Å²) in [6.07, 6.45) is 0.134. The summed E-state index contributed by atoms with van der Waals surface area (Å²) in [6.45, 7) is 2.43. The van der Waals surface area contributed by atoms with Gasteiger partial charge in [0.15, 0.2) is 0 Å². The third-order valence-corrected chi connectivity index (χ3v) is 9.52. The van der Waals surface area contributed by atoms with Crippen LogP contribution in [0.1, 0.15) is 50.0 Å². The second-order valence-corrected chi connectivity index (χ2v) is 13.0. The van der Waals surface area contributed by atoms with Crippen molar-refractivity contribution in [3.8, 4) is 0 Å². The van der Waals surface area contributed by atoms with Gasteiger partial charge in [-0.25, -0.2) is 0 Å². The van der Waals surface area contributed by atoms with Crippen LogP contribution in [0.2, 0.25) is 0 Å². The number of hydrogen-bond acceptors (Lipinski definition) is 11. The van der Waals surface area contributed by atoms with E-state index in [4.69, 9.17) is 25.8 Å². The molecule has 2 aliphatic heterocycles. The van der Waals surface area contributed by atoms with E-state index in [1.54, 1.807) is 12.1 Å². The number of piperidine rings is 1. The van der Waals surface area contributed by atoms with E-state index >= 15 is 0 Å². The van der Waals surface area contributed by atoms with Crippen LogP contribution in [0, 0.1) is 0 Å². The van der Waals surface area contributed by atoms with Gasteiger partial charge in [0.25, 0.3) is 11.8 Å². The molecule has 0 saturated carbocycles. The first-order chi connectivity index (χ1) is 25.3. The van der Waals surface area contributed by atoms with Gasteiger partial charge in [-0.3, -0.25) is 39.0 Å². The van der Waals surface area contributed by atoms with Crippen molar-refractivity contribution in [3.05, 3.63) is 87.6 Å². The van der Waals surface area contributed by atoms with Crippen molar-refractivity contribution < 1.29 is 43.0 Å². The van der Waals surface area contributed by atoms with Crippen molar-refractivity contribution >= 4 is 64.1 Å². The summed E-state index contributed by atoms with van der Waals surface area (Å²) >= 11 is 7.32. The molecule has 0 aliphatic carbocycles. The molecule has 2 aromatic carbocycles. The number of carbonyl (C=O) groups excluding carboxylic acids is 6. The average Bonchev–Trinajstić information content (AvgIpc) is 3.77. The third-order valence-electron chi connectivity index (χ3n) is 8.37. The molecule has 2 unspecified atom stereocenters. The molecule has 1 fully saturated rings. The van der Waals surface area contributed by atoms with E-state index in [2.05, 4.69) is 16.0 Å². The fraction of sp³-hybridized carbons (Fsp3) is 0.389. The summed E-state index contributed by atoms with van der Waals surface area (Å²) in [7, 11) is 0. The molecular formula is C36H40ClN5O9S. The lowest BCUT2D eigenvalue weighted by Crippen LogP contribution is -2.54. The zero-order valence-electron chi connectivity index (χ0n) is 28.3. The van der Waals surface area contributed by atoms with Crippen molar-refractivity contribution in [1.29, 1.82) is 0 Å². The number of halogens is 1. The Morgan fingerprint density at radius 1 is 0.904 bits per heavy atom. The summed E-state index contributed by atoms with van der Waals surface area (Å²) in [5.74, 6) is -3.21. The second-order valence-electron chi connectivity index (χ2n) is 11.8. The maximum Gasteiger partial charge on any atom is 0.264 e. The van der Waals surface area contributed by atoms with Crippen LogP contribution in [0.3, 0.4) is 0 Å². The molecule has 1 aromatic heterocycles. The number of thiophene rings is 1. The lowest BCUT2D eigenvalue weighted by Gasteiger charge is -2.30. The van der Waals surface area contributed by atoms with E-state index in [1.807, 2.05) is 47.8 Å². The van der Waals surface area contributed by atoms with Gasteiger partial charge >= 0.3 is 0 Å². The first kappa shape index (κ1) is 38.6. The predicted molar refractivity (Wildman–Crippen MR) is 192 cm³/mol. The molecule has 2 atom stereocenters. The number of carbonyl (C=O) groups is 6. The van der Waals surface area contributed by atoms with E-state index in [0.29, 0.717) is 32.0 Å². The standard InChI is InChI=1S/C36H40ClN5O9S/c37-22-30(44)41(32(28-10-5-21-52-28)34(46)39-23-24-6-2-1-3-7-24)14-16-50-18-20-51-19-17-49-15-13-38-26-9-4-8-25-31(26)36(48)42(35(25)47)27-11-12-29(43)40-33(27)45/h1-10,21,27,32,38H,11-20,22-23H2,(H,39,46)(H,40,43,45). The Kier molecular flexibility index (Phi) is 14.3. The third kappa shape index (κ3) is 9.80. The van der Waals surface area contributed by atoms with Crippen LogP contribution in [0.15, 0.2) is 66.0 Å². The summed E-state index contributed by atoms with van der Waals surface area (Å²) in [5, 5.41) is 10.1. The highest BCUT2D eigenvalue weighted by Gasteiger charge is 2.45. The minimum atomic E-state index is -1.03. The molecule has 2 aliphatic rings. The van der Waals surface area contributed by atoms with Gasteiger partial charge in [0.1, 0.15) is 18.0 Å². The Morgan fingerprint density at radius 2 is 1.63 bits per heavy atom. The number of nitrogens with zero attached hydrogens (tertiary/aromatic N) is 2. The van der Waals surface area contributed by atoms with Crippen LogP contribution in [-0.4, -0.2) is 110 Å². The summed E-state index contributed by atoms with van der Waals surface area (Å²) in [6, 6.07) is 16.1. The van der Waals surface area contributed by atoms with Crippen molar-refractivity contribution in [2.24, 2.45) is 0 Å². The minimum absolute atomic E-state index is 0.0487. The molecule has 0 bridgehead atoms. The first-order valence-corrected chi connectivity index (χ1v) is 18.2. The maximum absolute atomic E-state index is 13.3. The Hall–Kier alpha value is -4.67. The van der Waals surface area contributed by atoms with E-state index in [-0.39, 0.29) is 74.6 Å². The van der Waals surface area contributed by atoms with E-state index in [0.717, 1.165) is 15.3 Å². The van der Waals surface area contributed by atoms with Crippen molar-refractivity contribution in [3.63, 3.8) is 0 Å². The lowest BCUT2D eigenvalue weighted by atomic mass is 10.0. The molecule has 3 aromatic rings. The van der Waals surface area contributed by atoms with Crippen LogP contribution in [0.5, 0.6) is 0 Å². The highest BCUT2D eigenvalue weighted by Crippen LogP contribution is 2.32. The van der Waals surface area contributed by atoms with Gasteiger partial charge in [0.05, 0.1) is 50.8 Å². The number of imide groups is 2. The van der Waals surface area contributed by atoms with Gasteiger partial charge in [0, 0.05) is 36.6 Å². The maximum atomic E-state index is 13.3. The SMILES string of the molecule is O=C1CCC(N2C(=O)c3cccc(NCCOCCOCCOCCN(C(=O)CCl)C(C(=O)NCc4ccccc4)c4cccs4)c3C2=O)C(=O)N1. The van der Waals surface area contributed by atoms with E-state index < -0.39 is 35.7 Å². The zero-order valence-corrected chi connectivity index (χ0v) is 29.9. The quantitative estimate of drug-likeness (QED) is 0.0885. The summed E-state index contributed by atoms with van der Waals surface area (Å²) in [4.78, 5) is 79.4. The molecule has 1 saturated heterocycles. The largest absolute Gasteiger partial charge is 0.382 e. The average molecular weight is 754 g/mol. The molecule has 276 valence electrons. The Bertz CT molecular complexity index is 1730. The molecule has 0 spiro atoms. The fourth-order valence-corrected chi connectivity index (χ4v) is 6.84. The molecule has 14 nitrogen and oxygen atoms in total. The molecule has 3 heterocycles. The second kappa shape index (κ2) is 19.2. The number of rotatable bonds is 20. The van der Waals surface area contributed by atoms with Gasteiger partial charge in [-0.15, -0.1) is 22.9 Å². The Labute approximate surface area is 309 Å². The Morgan fingerprint density at radius 3 is 2.33 bits per heavy atom. The molecule has 5 rings (SSSR count). The number of alkyl halides is 1. The number of benzene rings is 2. The monoisotopic (exact) mass is 753 g/mol. The molecular weight excluding hydrogens is 714 g/mol. The van der Waals surface area contributed by atoms with Crippen LogP contribution >= 0.6 is 22.9 Å². The van der Waals surface area contributed by atoms with Crippen LogP contribution in [0.4, 0.5) is 5.69 Å². The predicted octanol–water partition coefficient (Wildman–Crippen LogP) is 2.74. The molecule has 0 radical (unpaired) electrons. The number of nitrogens with one attached hydrogen (secondary N) is 3. The fourth-order valence-electron chi connectivity index (χ4n) is 5.85. The highest BCUT2D eigenvalue weighted by molar-refractivity contribution is 7.10. The van der Waals surface area contributed by atoms with Gasteiger partial charge in [-0.1, -0.05) is 42.5 Å². The summed E-state index contributed by atoms with van der Waals surface area (Å²) < 4.78 is 16.9. The first-order valence-electron chi connectivity index (χ1n) is 16.8. The van der Waals surface area contributed by atoms with E-state index in [9.17, 15) is 28.8 Å². The Balaban J connectivity index is 0.984. The number of fused-ring (bicyclic) bond motifs is 1. The number of ether oxygens (including phenoxy) is 3. The van der Waals surface area contributed by atoms with Crippen LogP contribution < -0.4 is 16.0 Å². The van der Waals surface area contributed by atoms with Crippen LogP contribution in [-0.2, 0) is 39.9 Å². The highest BCUT2D eigenvalue weighted by atomic mass is 35.5. The smallest absolute Gasteiger partial charge is 0.264 e. The van der Waals surface area contributed by atoms with Gasteiger partial charge < -0.3 is 29.7 Å². The van der Waals surface area contributed by atoms with Crippen molar-refractivity contribution in [2.45, 2.75) is 31.5 Å². The van der Waals surface area contributed by atoms with Gasteiger partial charge in [0.2, 0.25) is 23.6 Å². The van der Waals surface area contributed by atoms with Gasteiger partial charge in [-0.05, 0) is 35.6 Å². The normalized spacial score (nSPS) is 16.0.